The Kier molecular flexibility index (Phi) is 6.82. The van der Waals surface area contributed by atoms with Gasteiger partial charge in [-0.15, -0.1) is 0 Å². The number of methoxy groups -OCH3 is 1. The van der Waals surface area contributed by atoms with Crippen LogP contribution in [0.2, 0.25) is 0 Å². The van der Waals surface area contributed by atoms with Crippen molar-refractivity contribution in [2.45, 2.75) is 32.9 Å². The maximum atomic E-state index is 12.8. The largest absolute Gasteiger partial charge is 0.496 e. The summed E-state index contributed by atoms with van der Waals surface area (Å²) in [5, 5.41) is 5.67. The zero-order valence-electron chi connectivity index (χ0n) is 18.8. The van der Waals surface area contributed by atoms with Gasteiger partial charge in [0.1, 0.15) is 5.75 Å². The lowest BCUT2D eigenvalue weighted by atomic mass is 9.95. The summed E-state index contributed by atoms with van der Waals surface area (Å²) in [6.45, 7) is 5.25. The average Bonchev–Trinajstić information content (AvgIpc) is 2.77. The summed E-state index contributed by atoms with van der Waals surface area (Å²) in [4.78, 5) is 39.1. The van der Waals surface area contributed by atoms with Gasteiger partial charge in [-0.3, -0.25) is 4.79 Å². The van der Waals surface area contributed by atoms with Crippen molar-refractivity contribution in [3.05, 3.63) is 70.9 Å². The van der Waals surface area contributed by atoms with Crippen LogP contribution in [0.4, 0.5) is 10.5 Å². The number of nitrogens with zero attached hydrogens (tertiary/aromatic N) is 1. The molecular weight excluding hydrogens is 410 g/mol. The number of hydrogen-bond acceptors (Lipinski definition) is 5. The molecule has 0 aromatic heterocycles. The highest BCUT2D eigenvalue weighted by atomic mass is 16.5. The van der Waals surface area contributed by atoms with E-state index < -0.39 is 12.0 Å². The Morgan fingerprint density at radius 1 is 1.09 bits per heavy atom. The van der Waals surface area contributed by atoms with Crippen molar-refractivity contribution in [3.63, 3.8) is 0 Å². The first kappa shape index (κ1) is 22.9. The van der Waals surface area contributed by atoms with Crippen molar-refractivity contribution >= 4 is 23.6 Å². The number of urea groups is 1. The first-order valence-electron chi connectivity index (χ1n) is 10.2. The van der Waals surface area contributed by atoms with Gasteiger partial charge in [0.2, 0.25) is 0 Å². The fraction of sp³-hybridized carbons (Fsp3) is 0.292. The summed E-state index contributed by atoms with van der Waals surface area (Å²) in [7, 11) is 3.11. The monoisotopic (exact) mass is 437 g/mol. The Bertz CT molecular complexity index is 1060. The number of ether oxygens (including phenoxy) is 2. The van der Waals surface area contributed by atoms with E-state index in [-0.39, 0.29) is 18.0 Å². The number of benzene rings is 2. The maximum Gasteiger partial charge on any atom is 0.338 e. The minimum absolute atomic E-state index is 0.293. The molecule has 1 heterocycles. The summed E-state index contributed by atoms with van der Waals surface area (Å²) in [6.07, 6.45) is -0.293. The molecule has 8 heteroatoms. The maximum absolute atomic E-state index is 12.8. The summed E-state index contributed by atoms with van der Waals surface area (Å²) in [6, 6.07) is 12.9. The molecule has 1 aliphatic heterocycles. The molecule has 0 spiro atoms. The van der Waals surface area contributed by atoms with Gasteiger partial charge < -0.3 is 25.0 Å². The van der Waals surface area contributed by atoms with Gasteiger partial charge in [-0.1, -0.05) is 24.3 Å². The number of carbonyl (C=O) groups excluding carboxylic acids is 3. The van der Waals surface area contributed by atoms with Crippen LogP contribution in [0.3, 0.4) is 0 Å². The molecule has 2 aromatic carbocycles. The number of anilines is 1. The van der Waals surface area contributed by atoms with E-state index in [1.54, 1.807) is 76.3 Å². The summed E-state index contributed by atoms with van der Waals surface area (Å²) < 4.78 is 10.6. The van der Waals surface area contributed by atoms with E-state index in [1.165, 1.54) is 12.0 Å². The third-order valence-corrected chi connectivity index (χ3v) is 5.17. The van der Waals surface area contributed by atoms with Crippen molar-refractivity contribution in [1.29, 1.82) is 0 Å². The van der Waals surface area contributed by atoms with Gasteiger partial charge in [0.15, 0.2) is 0 Å². The van der Waals surface area contributed by atoms with Gasteiger partial charge in [0, 0.05) is 18.4 Å². The minimum atomic E-state index is -0.663. The van der Waals surface area contributed by atoms with E-state index in [2.05, 4.69) is 10.6 Å². The van der Waals surface area contributed by atoms with Gasteiger partial charge in [-0.05, 0) is 50.6 Å². The second-order valence-corrected chi connectivity index (χ2v) is 7.67. The third kappa shape index (κ3) is 4.74. The third-order valence-electron chi connectivity index (χ3n) is 5.17. The van der Waals surface area contributed by atoms with E-state index in [9.17, 15) is 14.4 Å². The van der Waals surface area contributed by atoms with Crippen LogP contribution in [-0.2, 0) is 9.53 Å². The standard InChI is InChI=1S/C24H27N3O5/c1-14(2)32-23(29)20-15(3)27(4)24(30)26-21(20)16-10-12-17(13-11-16)25-22(28)18-8-6-7-9-19(18)31-5/h6-14,21H,1-5H3,(H,25,28)(H,26,30). The molecule has 3 rings (SSSR count). The zero-order chi connectivity index (χ0) is 23.4. The fourth-order valence-corrected chi connectivity index (χ4v) is 3.42. The molecular formula is C24H27N3O5. The molecule has 0 radical (unpaired) electrons. The molecule has 0 bridgehead atoms. The van der Waals surface area contributed by atoms with Crippen LogP contribution < -0.4 is 15.4 Å². The van der Waals surface area contributed by atoms with Crippen molar-refractivity contribution in [2.75, 3.05) is 19.5 Å². The molecule has 1 aliphatic rings. The zero-order valence-corrected chi connectivity index (χ0v) is 18.8. The molecule has 168 valence electrons. The van der Waals surface area contributed by atoms with E-state index >= 15 is 0 Å². The smallest absolute Gasteiger partial charge is 0.338 e. The van der Waals surface area contributed by atoms with Crippen LogP contribution in [0.25, 0.3) is 0 Å². The van der Waals surface area contributed by atoms with Crippen LogP contribution in [-0.4, -0.2) is 43.1 Å². The number of para-hydroxylation sites is 1. The fourth-order valence-electron chi connectivity index (χ4n) is 3.42. The Morgan fingerprint density at radius 2 is 1.75 bits per heavy atom. The lowest BCUT2D eigenvalue weighted by Gasteiger charge is -2.33. The van der Waals surface area contributed by atoms with Crippen LogP contribution in [0, 0.1) is 0 Å². The number of amides is 3. The highest BCUT2D eigenvalue weighted by Crippen LogP contribution is 2.31. The molecule has 0 aliphatic carbocycles. The van der Waals surface area contributed by atoms with Gasteiger partial charge in [0.05, 0.1) is 30.4 Å². The number of allylic oxidation sites excluding steroid dienone is 1. The second-order valence-electron chi connectivity index (χ2n) is 7.67. The van der Waals surface area contributed by atoms with Crippen molar-refractivity contribution in [2.24, 2.45) is 0 Å². The van der Waals surface area contributed by atoms with Crippen LogP contribution in [0.1, 0.15) is 42.7 Å². The predicted octanol–water partition coefficient (Wildman–Crippen LogP) is 3.87. The highest BCUT2D eigenvalue weighted by Gasteiger charge is 2.35. The van der Waals surface area contributed by atoms with Crippen LogP contribution in [0.15, 0.2) is 59.8 Å². The number of rotatable bonds is 6. The second kappa shape index (κ2) is 9.55. The molecule has 0 saturated carbocycles. The number of carbonyl (C=O) groups is 3. The van der Waals surface area contributed by atoms with E-state index in [1.807, 2.05) is 0 Å². The lowest BCUT2D eigenvalue weighted by Crippen LogP contribution is -2.46. The van der Waals surface area contributed by atoms with Crippen LogP contribution >= 0.6 is 0 Å². The van der Waals surface area contributed by atoms with Gasteiger partial charge in [0.25, 0.3) is 5.91 Å². The molecule has 32 heavy (non-hydrogen) atoms. The molecule has 3 amide bonds. The van der Waals surface area contributed by atoms with Crippen molar-refractivity contribution in [1.82, 2.24) is 10.2 Å². The average molecular weight is 437 g/mol. The van der Waals surface area contributed by atoms with E-state index in [0.717, 1.165) is 0 Å². The highest BCUT2D eigenvalue weighted by molar-refractivity contribution is 6.06. The van der Waals surface area contributed by atoms with Crippen molar-refractivity contribution in [3.8, 4) is 5.75 Å². The van der Waals surface area contributed by atoms with E-state index in [4.69, 9.17) is 9.47 Å². The van der Waals surface area contributed by atoms with Crippen LogP contribution in [0.5, 0.6) is 5.75 Å². The minimum Gasteiger partial charge on any atom is -0.496 e. The summed E-state index contributed by atoms with van der Waals surface area (Å²) in [5.41, 5.74) is 2.57. The molecule has 8 nitrogen and oxygen atoms in total. The normalized spacial score (nSPS) is 16.0. The summed E-state index contributed by atoms with van der Waals surface area (Å²) >= 11 is 0. The molecule has 1 atom stereocenters. The van der Waals surface area contributed by atoms with Gasteiger partial charge in [-0.2, -0.15) is 0 Å². The van der Waals surface area contributed by atoms with Gasteiger partial charge in [-0.25, -0.2) is 9.59 Å². The van der Waals surface area contributed by atoms with Crippen molar-refractivity contribution < 1.29 is 23.9 Å². The first-order chi connectivity index (χ1) is 15.2. The number of esters is 1. The predicted molar refractivity (Wildman–Crippen MR) is 120 cm³/mol. The lowest BCUT2D eigenvalue weighted by molar-refractivity contribution is -0.143. The number of nitrogens with one attached hydrogen (secondary N) is 2. The topological polar surface area (TPSA) is 97.0 Å². The number of hydrogen-bond donors (Lipinski definition) is 2. The molecule has 0 saturated heterocycles. The molecule has 2 aromatic rings. The SMILES string of the molecule is COc1ccccc1C(=O)Nc1ccc(C2NC(=O)N(C)C(C)=C2C(=O)OC(C)C)cc1. The van der Waals surface area contributed by atoms with Gasteiger partial charge >= 0.3 is 12.0 Å². The van der Waals surface area contributed by atoms with E-state index in [0.29, 0.717) is 33.8 Å². The Morgan fingerprint density at radius 3 is 2.38 bits per heavy atom. The Labute approximate surface area is 187 Å². The quantitative estimate of drug-likeness (QED) is 0.669. The Hall–Kier alpha value is -3.81. The molecule has 0 fully saturated rings. The summed E-state index contributed by atoms with van der Waals surface area (Å²) in [5.74, 6) is -0.313. The first-order valence-corrected chi connectivity index (χ1v) is 10.2. The molecule has 1 unspecified atom stereocenters. The molecule has 2 N–H and O–H groups in total. The Balaban J connectivity index is 1.85.